The normalized spacial score (nSPS) is 12.7. The van der Waals surface area contributed by atoms with E-state index in [-0.39, 0.29) is 23.6 Å². The first-order chi connectivity index (χ1) is 10.3. The van der Waals surface area contributed by atoms with Crippen molar-refractivity contribution < 1.29 is 13.9 Å². The van der Waals surface area contributed by atoms with Crippen molar-refractivity contribution in [1.82, 2.24) is 5.32 Å². The number of aryl methyl sites for hydroxylation is 1. The fraction of sp³-hybridized carbons (Fsp3) is 0.611. The van der Waals surface area contributed by atoms with E-state index in [9.17, 15) is 9.18 Å². The Morgan fingerprint density at radius 2 is 1.86 bits per heavy atom. The molecule has 22 heavy (non-hydrogen) atoms. The molecule has 0 saturated carbocycles. The van der Waals surface area contributed by atoms with E-state index in [2.05, 4.69) is 19.2 Å². The summed E-state index contributed by atoms with van der Waals surface area (Å²) >= 11 is 0. The number of rotatable bonds is 9. The standard InChI is InChI=1S/C18H28FNO2/c1-12(2)18(21)7-6-15-8-16(19)10-17(9-15)22-14(5)11-20-13(3)4/h8-10,12-14,20H,6-7,11H2,1-5H3/t14-/m1/s1. The first-order valence-electron chi connectivity index (χ1n) is 8.00. The van der Waals surface area contributed by atoms with Crippen molar-refractivity contribution in [2.24, 2.45) is 5.92 Å². The fourth-order valence-corrected chi connectivity index (χ4v) is 2.06. The lowest BCUT2D eigenvalue weighted by Crippen LogP contribution is -2.33. The van der Waals surface area contributed by atoms with Crippen LogP contribution in [-0.2, 0) is 11.2 Å². The van der Waals surface area contributed by atoms with Gasteiger partial charge < -0.3 is 10.1 Å². The second-order valence-electron chi connectivity index (χ2n) is 6.41. The molecule has 1 aromatic carbocycles. The molecule has 0 radical (unpaired) electrons. The van der Waals surface area contributed by atoms with Gasteiger partial charge in [-0.1, -0.05) is 27.7 Å². The van der Waals surface area contributed by atoms with Gasteiger partial charge in [-0.25, -0.2) is 4.39 Å². The Bertz CT molecular complexity index is 486. The third-order valence-corrected chi connectivity index (χ3v) is 3.39. The summed E-state index contributed by atoms with van der Waals surface area (Å²) in [4.78, 5) is 11.7. The molecule has 0 aliphatic rings. The van der Waals surface area contributed by atoms with E-state index >= 15 is 0 Å². The number of ketones is 1. The zero-order chi connectivity index (χ0) is 16.7. The fourth-order valence-electron chi connectivity index (χ4n) is 2.06. The van der Waals surface area contributed by atoms with Gasteiger partial charge in [-0.2, -0.15) is 0 Å². The van der Waals surface area contributed by atoms with Crippen LogP contribution in [0.4, 0.5) is 4.39 Å². The summed E-state index contributed by atoms with van der Waals surface area (Å²) in [6.45, 7) is 10.5. The lowest BCUT2D eigenvalue weighted by Gasteiger charge is -2.17. The summed E-state index contributed by atoms with van der Waals surface area (Å²) < 4.78 is 19.4. The number of carbonyl (C=O) groups excluding carboxylic acids is 1. The first-order valence-corrected chi connectivity index (χ1v) is 8.00. The SMILES string of the molecule is CC(C)NC[C@@H](C)Oc1cc(F)cc(CCC(=O)C(C)C)c1. The number of halogens is 1. The number of Topliss-reactive ketones (excluding diaryl/α,β-unsaturated/α-hetero) is 1. The average molecular weight is 309 g/mol. The third kappa shape index (κ3) is 7.03. The second-order valence-corrected chi connectivity index (χ2v) is 6.41. The molecule has 1 rings (SSSR count). The minimum atomic E-state index is -0.325. The lowest BCUT2D eigenvalue weighted by atomic mass is 10.0. The summed E-state index contributed by atoms with van der Waals surface area (Å²) in [7, 11) is 0. The lowest BCUT2D eigenvalue weighted by molar-refractivity contribution is -0.121. The van der Waals surface area contributed by atoms with Crippen molar-refractivity contribution in [3.8, 4) is 5.75 Å². The van der Waals surface area contributed by atoms with E-state index in [0.29, 0.717) is 31.2 Å². The predicted octanol–water partition coefficient (Wildman–Crippen LogP) is 3.75. The number of hydrogen-bond acceptors (Lipinski definition) is 3. The minimum absolute atomic E-state index is 0.0198. The summed E-state index contributed by atoms with van der Waals surface area (Å²) in [6.07, 6.45) is 0.934. The van der Waals surface area contributed by atoms with Gasteiger partial charge in [0.2, 0.25) is 0 Å². The van der Waals surface area contributed by atoms with Crippen LogP contribution in [0.3, 0.4) is 0 Å². The molecule has 4 heteroatoms. The minimum Gasteiger partial charge on any atom is -0.489 e. The summed E-state index contributed by atoms with van der Waals surface area (Å²) in [6, 6.07) is 5.07. The van der Waals surface area contributed by atoms with E-state index in [4.69, 9.17) is 4.74 Å². The molecule has 1 aromatic rings. The number of hydrogen-bond donors (Lipinski definition) is 1. The molecule has 0 saturated heterocycles. The highest BCUT2D eigenvalue weighted by Crippen LogP contribution is 2.19. The molecular weight excluding hydrogens is 281 g/mol. The molecule has 0 aliphatic heterocycles. The zero-order valence-electron chi connectivity index (χ0n) is 14.3. The molecule has 0 aliphatic carbocycles. The highest BCUT2D eigenvalue weighted by Gasteiger charge is 2.10. The van der Waals surface area contributed by atoms with Gasteiger partial charge >= 0.3 is 0 Å². The van der Waals surface area contributed by atoms with Crippen LogP contribution >= 0.6 is 0 Å². The highest BCUT2D eigenvalue weighted by molar-refractivity contribution is 5.80. The molecule has 0 fully saturated rings. The van der Waals surface area contributed by atoms with Gasteiger partial charge in [-0.15, -0.1) is 0 Å². The van der Waals surface area contributed by atoms with Crippen LogP contribution in [0.2, 0.25) is 0 Å². The average Bonchev–Trinajstić information content (AvgIpc) is 2.41. The Balaban J connectivity index is 2.63. The quantitative estimate of drug-likeness (QED) is 0.755. The van der Waals surface area contributed by atoms with Crippen molar-refractivity contribution in [2.75, 3.05) is 6.54 Å². The van der Waals surface area contributed by atoms with E-state index in [1.165, 1.54) is 12.1 Å². The zero-order valence-corrected chi connectivity index (χ0v) is 14.3. The van der Waals surface area contributed by atoms with Gasteiger partial charge in [-0.05, 0) is 31.0 Å². The van der Waals surface area contributed by atoms with E-state index in [1.807, 2.05) is 26.8 Å². The number of ether oxygens (including phenoxy) is 1. The Labute approximate surface area is 133 Å². The molecule has 1 N–H and O–H groups in total. The molecule has 0 bridgehead atoms. The van der Waals surface area contributed by atoms with Crippen molar-refractivity contribution in [2.45, 2.75) is 59.6 Å². The van der Waals surface area contributed by atoms with Crippen LogP contribution in [0.25, 0.3) is 0 Å². The Morgan fingerprint density at radius 1 is 1.18 bits per heavy atom. The maximum atomic E-state index is 13.7. The molecule has 0 amide bonds. The van der Waals surface area contributed by atoms with Crippen LogP contribution in [0.5, 0.6) is 5.75 Å². The molecular formula is C18H28FNO2. The van der Waals surface area contributed by atoms with E-state index < -0.39 is 0 Å². The van der Waals surface area contributed by atoms with Crippen LogP contribution in [0.15, 0.2) is 18.2 Å². The smallest absolute Gasteiger partial charge is 0.135 e. The summed E-state index contributed by atoms with van der Waals surface area (Å²) in [5, 5.41) is 3.28. The second kappa shape index (κ2) is 8.89. The molecule has 3 nitrogen and oxygen atoms in total. The van der Waals surface area contributed by atoms with Crippen molar-refractivity contribution in [1.29, 1.82) is 0 Å². The maximum Gasteiger partial charge on any atom is 0.135 e. The third-order valence-electron chi connectivity index (χ3n) is 3.39. The Hall–Kier alpha value is -1.42. The summed E-state index contributed by atoms with van der Waals surface area (Å²) in [5.74, 6) is 0.409. The van der Waals surface area contributed by atoms with Crippen LogP contribution in [0.1, 0.15) is 46.6 Å². The monoisotopic (exact) mass is 309 g/mol. The van der Waals surface area contributed by atoms with Gasteiger partial charge in [0, 0.05) is 31.0 Å². The highest BCUT2D eigenvalue weighted by atomic mass is 19.1. The first kappa shape index (κ1) is 18.6. The van der Waals surface area contributed by atoms with Crippen molar-refractivity contribution in [3.63, 3.8) is 0 Å². The van der Waals surface area contributed by atoms with Crippen LogP contribution < -0.4 is 10.1 Å². The Kier molecular flexibility index (Phi) is 7.52. The molecule has 1 atom stereocenters. The molecule has 0 aromatic heterocycles. The number of nitrogens with one attached hydrogen (secondary N) is 1. The largest absolute Gasteiger partial charge is 0.489 e. The number of carbonyl (C=O) groups is 1. The predicted molar refractivity (Wildman–Crippen MR) is 87.8 cm³/mol. The molecule has 0 unspecified atom stereocenters. The van der Waals surface area contributed by atoms with Crippen LogP contribution in [0, 0.1) is 11.7 Å². The van der Waals surface area contributed by atoms with Crippen molar-refractivity contribution in [3.05, 3.63) is 29.6 Å². The van der Waals surface area contributed by atoms with Gasteiger partial charge in [0.25, 0.3) is 0 Å². The van der Waals surface area contributed by atoms with E-state index in [0.717, 1.165) is 5.56 Å². The number of benzene rings is 1. The molecule has 0 spiro atoms. The summed E-state index contributed by atoms with van der Waals surface area (Å²) in [5.41, 5.74) is 0.799. The molecule has 124 valence electrons. The van der Waals surface area contributed by atoms with Gasteiger partial charge in [0.05, 0.1) is 0 Å². The van der Waals surface area contributed by atoms with Crippen LogP contribution in [-0.4, -0.2) is 24.5 Å². The van der Waals surface area contributed by atoms with Gasteiger partial charge in [0.1, 0.15) is 23.5 Å². The van der Waals surface area contributed by atoms with Gasteiger partial charge in [-0.3, -0.25) is 4.79 Å². The van der Waals surface area contributed by atoms with Crippen molar-refractivity contribution >= 4 is 5.78 Å². The maximum absolute atomic E-state index is 13.7. The van der Waals surface area contributed by atoms with Gasteiger partial charge in [0.15, 0.2) is 0 Å². The topological polar surface area (TPSA) is 38.3 Å². The van der Waals surface area contributed by atoms with E-state index in [1.54, 1.807) is 0 Å². The Morgan fingerprint density at radius 3 is 2.45 bits per heavy atom. The molecule has 0 heterocycles.